The Balaban J connectivity index is 1.43. The molecule has 2 aliphatic rings. The van der Waals surface area contributed by atoms with Gasteiger partial charge in [0.25, 0.3) is 0 Å². The van der Waals surface area contributed by atoms with Crippen LogP contribution in [0.1, 0.15) is 50.7 Å². The molecule has 2 fully saturated rings. The Morgan fingerprint density at radius 3 is 2.80 bits per heavy atom. The van der Waals surface area contributed by atoms with Gasteiger partial charge in [-0.05, 0) is 36.8 Å². The predicted octanol–water partition coefficient (Wildman–Crippen LogP) is 3.82. The first-order chi connectivity index (χ1) is 14.3. The standard InChI is InChI=1S/C24H29NO5/c1-14-7-8-19-18(11-23(27)30-21(19)9-14)13-29-24(28)17-10-22(26)25(12-17)20-6-4-5-15(2)16(20)3/h7-9,11,15-17,20H,4-6,10,12-13H2,1-3H3/t15-,16+,17-,20-/m1/s1. The number of benzene rings is 1. The molecule has 0 N–H and O–H groups in total. The second-order valence-electron chi connectivity index (χ2n) is 8.98. The van der Waals surface area contributed by atoms with E-state index in [1.807, 2.05) is 24.0 Å². The first-order valence-corrected chi connectivity index (χ1v) is 10.8. The van der Waals surface area contributed by atoms with Gasteiger partial charge in [0.2, 0.25) is 5.91 Å². The van der Waals surface area contributed by atoms with Crippen molar-refractivity contribution in [2.24, 2.45) is 17.8 Å². The summed E-state index contributed by atoms with van der Waals surface area (Å²) < 4.78 is 10.8. The minimum Gasteiger partial charge on any atom is -0.461 e. The molecule has 0 bridgehead atoms. The van der Waals surface area contributed by atoms with E-state index in [0.717, 1.165) is 23.8 Å². The molecule has 160 valence electrons. The highest BCUT2D eigenvalue weighted by atomic mass is 16.5. The first kappa shape index (κ1) is 20.6. The molecule has 0 radical (unpaired) electrons. The van der Waals surface area contributed by atoms with Gasteiger partial charge >= 0.3 is 11.6 Å². The molecule has 1 saturated carbocycles. The zero-order valence-corrected chi connectivity index (χ0v) is 17.8. The highest BCUT2D eigenvalue weighted by molar-refractivity contribution is 5.87. The zero-order chi connectivity index (χ0) is 21.4. The van der Waals surface area contributed by atoms with Crippen LogP contribution in [-0.4, -0.2) is 29.4 Å². The van der Waals surface area contributed by atoms with Crippen LogP contribution in [-0.2, 0) is 20.9 Å². The minimum absolute atomic E-state index is 0.00838. The van der Waals surface area contributed by atoms with Crippen LogP contribution in [0.15, 0.2) is 33.5 Å². The molecule has 4 atom stereocenters. The van der Waals surface area contributed by atoms with E-state index in [1.54, 1.807) is 6.07 Å². The Labute approximate surface area is 176 Å². The van der Waals surface area contributed by atoms with E-state index in [9.17, 15) is 14.4 Å². The van der Waals surface area contributed by atoms with Crippen LogP contribution in [0.2, 0.25) is 0 Å². The molecule has 1 aliphatic heterocycles. The number of aryl methyl sites for hydroxylation is 1. The van der Waals surface area contributed by atoms with Crippen LogP contribution < -0.4 is 5.63 Å². The molecule has 0 spiro atoms. The summed E-state index contributed by atoms with van der Waals surface area (Å²) in [5, 5.41) is 0.752. The average Bonchev–Trinajstić information content (AvgIpc) is 3.09. The number of nitrogens with zero attached hydrogens (tertiary/aromatic N) is 1. The highest BCUT2D eigenvalue weighted by Crippen LogP contribution is 2.36. The molecule has 2 aromatic rings. The van der Waals surface area contributed by atoms with Crippen molar-refractivity contribution < 1.29 is 18.7 Å². The van der Waals surface area contributed by atoms with Crippen LogP contribution in [0.3, 0.4) is 0 Å². The number of rotatable bonds is 4. The first-order valence-electron chi connectivity index (χ1n) is 10.8. The summed E-state index contributed by atoms with van der Waals surface area (Å²) in [4.78, 5) is 39.1. The Hall–Kier alpha value is -2.63. The average molecular weight is 411 g/mol. The SMILES string of the molecule is Cc1ccc2c(COC(=O)[C@@H]3CC(=O)N([C@@H]4CCC[C@@H](C)[C@@H]4C)C3)cc(=O)oc2c1. The third-order valence-electron chi connectivity index (χ3n) is 6.91. The number of likely N-dealkylation sites (tertiary alicyclic amines) is 1. The van der Waals surface area contributed by atoms with Crippen molar-refractivity contribution in [2.45, 2.75) is 59.1 Å². The summed E-state index contributed by atoms with van der Waals surface area (Å²) >= 11 is 0. The van der Waals surface area contributed by atoms with Gasteiger partial charge in [-0.1, -0.05) is 38.8 Å². The minimum atomic E-state index is -0.471. The van der Waals surface area contributed by atoms with Gasteiger partial charge < -0.3 is 14.1 Å². The van der Waals surface area contributed by atoms with Gasteiger partial charge in [-0.15, -0.1) is 0 Å². The fourth-order valence-corrected chi connectivity index (χ4v) is 4.93. The summed E-state index contributed by atoms with van der Waals surface area (Å²) in [6.45, 7) is 6.79. The summed E-state index contributed by atoms with van der Waals surface area (Å²) in [5.74, 6) is 0.246. The van der Waals surface area contributed by atoms with Gasteiger partial charge in [0.15, 0.2) is 0 Å². The highest BCUT2D eigenvalue weighted by Gasteiger charge is 2.42. The molecule has 0 unspecified atom stereocenters. The van der Waals surface area contributed by atoms with Crippen LogP contribution in [0, 0.1) is 24.7 Å². The van der Waals surface area contributed by atoms with Crippen molar-refractivity contribution >= 4 is 22.8 Å². The maximum atomic E-state index is 12.7. The van der Waals surface area contributed by atoms with E-state index >= 15 is 0 Å². The topological polar surface area (TPSA) is 76.8 Å². The van der Waals surface area contributed by atoms with Crippen molar-refractivity contribution in [2.75, 3.05) is 6.54 Å². The van der Waals surface area contributed by atoms with E-state index in [0.29, 0.717) is 29.5 Å². The number of carbonyl (C=O) groups is 2. The fraction of sp³-hybridized carbons (Fsp3) is 0.542. The van der Waals surface area contributed by atoms with Gasteiger partial charge in [0, 0.05) is 36.0 Å². The third kappa shape index (κ3) is 4.00. The van der Waals surface area contributed by atoms with Gasteiger partial charge in [0.1, 0.15) is 12.2 Å². The maximum Gasteiger partial charge on any atom is 0.336 e. The maximum absolute atomic E-state index is 12.7. The van der Waals surface area contributed by atoms with Crippen LogP contribution in [0.5, 0.6) is 0 Å². The van der Waals surface area contributed by atoms with Crippen molar-refractivity contribution in [3.05, 3.63) is 45.8 Å². The smallest absolute Gasteiger partial charge is 0.336 e. The van der Waals surface area contributed by atoms with Crippen LogP contribution in [0.4, 0.5) is 0 Å². The molecule has 1 saturated heterocycles. The molecular formula is C24H29NO5. The van der Waals surface area contributed by atoms with Crippen molar-refractivity contribution in [1.82, 2.24) is 4.90 Å². The summed E-state index contributed by atoms with van der Waals surface area (Å²) in [7, 11) is 0. The Morgan fingerprint density at radius 1 is 1.20 bits per heavy atom. The van der Waals surface area contributed by atoms with E-state index in [1.165, 1.54) is 12.5 Å². The van der Waals surface area contributed by atoms with Crippen LogP contribution in [0.25, 0.3) is 11.0 Å². The number of carbonyl (C=O) groups excluding carboxylic acids is 2. The molecule has 1 aromatic carbocycles. The summed E-state index contributed by atoms with van der Waals surface area (Å²) in [6.07, 6.45) is 3.53. The molecule has 1 aromatic heterocycles. The predicted molar refractivity (Wildman–Crippen MR) is 113 cm³/mol. The molecular weight excluding hydrogens is 382 g/mol. The fourth-order valence-electron chi connectivity index (χ4n) is 4.93. The lowest BCUT2D eigenvalue weighted by Crippen LogP contribution is -2.45. The number of ether oxygens (including phenoxy) is 1. The summed E-state index contributed by atoms with van der Waals surface area (Å²) in [6, 6.07) is 7.16. The third-order valence-corrected chi connectivity index (χ3v) is 6.91. The lowest BCUT2D eigenvalue weighted by molar-refractivity contribution is -0.149. The van der Waals surface area contributed by atoms with E-state index in [4.69, 9.17) is 9.15 Å². The molecule has 6 nitrogen and oxygen atoms in total. The second kappa shape index (κ2) is 8.25. The van der Waals surface area contributed by atoms with Gasteiger partial charge in [-0.25, -0.2) is 4.79 Å². The van der Waals surface area contributed by atoms with Crippen molar-refractivity contribution in [3.63, 3.8) is 0 Å². The van der Waals surface area contributed by atoms with E-state index in [2.05, 4.69) is 13.8 Å². The molecule has 1 aliphatic carbocycles. The molecule has 2 heterocycles. The normalized spacial score (nSPS) is 26.9. The molecule has 4 rings (SSSR count). The van der Waals surface area contributed by atoms with Gasteiger partial charge in [-0.3, -0.25) is 9.59 Å². The van der Waals surface area contributed by atoms with Gasteiger partial charge in [-0.2, -0.15) is 0 Å². The zero-order valence-electron chi connectivity index (χ0n) is 17.8. The van der Waals surface area contributed by atoms with E-state index < -0.39 is 11.5 Å². The quantitative estimate of drug-likeness (QED) is 0.565. The Kier molecular flexibility index (Phi) is 5.67. The van der Waals surface area contributed by atoms with Gasteiger partial charge in [0.05, 0.1) is 5.92 Å². The molecule has 1 amide bonds. The van der Waals surface area contributed by atoms with Crippen molar-refractivity contribution in [1.29, 1.82) is 0 Å². The number of hydrogen-bond donors (Lipinski definition) is 0. The van der Waals surface area contributed by atoms with Crippen LogP contribution >= 0.6 is 0 Å². The monoisotopic (exact) mass is 411 g/mol. The number of fused-ring (bicyclic) bond motifs is 1. The largest absolute Gasteiger partial charge is 0.461 e. The Morgan fingerprint density at radius 2 is 2.00 bits per heavy atom. The number of esters is 1. The second-order valence-corrected chi connectivity index (χ2v) is 8.98. The molecule has 30 heavy (non-hydrogen) atoms. The number of amides is 1. The van der Waals surface area contributed by atoms with Crippen molar-refractivity contribution in [3.8, 4) is 0 Å². The van der Waals surface area contributed by atoms with E-state index in [-0.39, 0.29) is 30.9 Å². The lowest BCUT2D eigenvalue weighted by atomic mass is 9.77. The summed E-state index contributed by atoms with van der Waals surface area (Å²) in [5.41, 5.74) is 1.61. The molecule has 6 heteroatoms. The number of hydrogen-bond acceptors (Lipinski definition) is 5. The lowest BCUT2D eigenvalue weighted by Gasteiger charge is -2.39. The Bertz CT molecular complexity index is 1030.